The number of piperazine rings is 1. The number of hydrogen-bond acceptors (Lipinski definition) is 7. The van der Waals surface area contributed by atoms with E-state index in [9.17, 15) is 8.42 Å². The molecule has 1 fully saturated rings. The molecule has 1 aliphatic rings. The van der Waals surface area contributed by atoms with Crippen LogP contribution in [0, 0.1) is 0 Å². The number of methoxy groups -OCH3 is 2. The number of ether oxygens (including phenoxy) is 2. The van der Waals surface area contributed by atoms with Crippen LogP contribution in [0.4, 0.5) is 17.1 Å². The summed E-state index contributed by atoms with van der Waals surface area (Å²) in [4.78, 5) is 2.51. The lowest BCUT2D eigenvalue weighted by atomic mass is 10.1. The van der Waals surface area contributed by atoms with Gasteiger partial charge in [-0.2, -0.15) is 0 Å². The fourth-order valence-electron chi connectivity index (χ4n) is 4.00. The van der Waals surface area contributed by atoms with Crippen LogP contribution < -0.4 is 25.0 Å². The zero-order valence-electron chi connectivity index (χ0n) is 17.9. The van der Waals surface area contributed by atoms with Gasteiger partial charge in [-0.3, -0.25) is 0 Å². The highest BCUT2D eigenvalue weighted by Crippen LogP contribution is 2.40. The number of benzene rings is 3. The van der Waals surface area contributed by atoms with Gasteiger partial charge in [0.2, 0.25) is 0 Å². The van der Waals surface area contributed by atoms with E-state index in [4.69, 9.17) is 9.47 Å². The Balaban J connectivity index is 1.85. The van der Waals surface area contributed by atoms with Gasteiger partial charge in [-0.25, -0.2) is 8.42 Å². The molecule has 0 amide bonds. The molecule has 7 nitrogen and oxygen atoms in total. The number of sulfone groups is 1. The Bertz CT molecular complexity index is 1200. The first-order valence-electron chi connectivity index (χ1n) is 10.1. The lowest BCUT2D eigenvalue weighted by Crippen LogP contribution is -2.43. The van der Waals surface area contributed by atoms with Gasteiger partial charge in [0.05, 0.1) is 35.9 Å². The normalized spacial score (nSPS) is 14.5. The van der Waals surface area contributed by atoms with Crippen molar-refractivity contribution in [3.63, 3.8) is 0 Å². The molecule has 1 saturated heterocycles. The smallest absolute Gasteiger partial charge is 0.177 e. The topological polar surface area (TPSA) is 79.9 Å². The van der Waals surface area contributed by atoms with Crippen molar-refractivity contribution in [1.29, 1.82) is 0 Å². The lowest BCUT2D eigenvalue weighted by Gasteiger charge is -2.30. The first-order chi connectivity index (χ1) is 14.9. The Morgan fingerprint density at radius 3 is 2.32 bits per heavy atom. The van der Waals surface area contributed by atoms with Crippen molar-refractivity contribution >= 4 is 37.7 Å². The standard InChI is InChI=1S/C23H27N3O4S/c1-29-20-8-9-21(30-2)23-17(20)5-4-6-18(23)25-19-15-16(26-13-11-24-12-14-26)7-10-22(19)31(3,27)28/h4-10,15,24-25H,11-14H2,1-3H3. The number of hydrogen-bond donors (Lipinski definition) is 2. The van der Waals surface area contributed by atoms with E-state index in [1.807, 2.05) is 42.5 Å². The summed E-state index contributed by atoms with van der Waals surface area (Å²) in [5.41, 5.74) is 2.27. The maximum Gasteiger partial charge on any atom is 0.177 e. The van der Waals surface area contributed by atoms with Gasteiger partial charge in [0.25, 0.3) is 0 Å². The number of nitrogens with zero attached hydrogens (tertiary/aromatic N) is 1. The SMILES string of the molecule is COc1ccc(OC)c2c(Nc3cc(N4CCNCC4)ccc3S(C)(=O)=O)cccc12. The maximum atomic E-state index is 12.5. The molecule has 0 aliphatic carbocycles. The van der Waals surface area contributed by atoms with E-state index in [1.54, 1.807) is 20.3 Å². The van der Waals surface area contributed by atoms with Gasteiger partial charge >= 0.3 is 0 Å². The third-order valence-electron chi connectivity index (χ3n) is 5.52. The average molecular weight is 442 g/mol. The molecule has 1 heterocycles. The largest absolute Gasteiger partial charge is 0.496 e. The monoisotopic (exact) mass is 441 g/mol. The predicted molar refractivity (Wildman–Crippen MR) is 125 cm³/mol. The van der Waals surface area contributed by atoms with E-state index in [2.05, 4.69) is 15.5 Å². The summed E-state index contributed by atoms with van der Waals surface area (Å²) in [6, 6.07) is 14.9. The Kier molecular flexibility index (Phi) is 5.93. The molecular weight excluding hydrogens is 414 g/mol. The summed E-state index contributed by atoms with van der Waals surface area (Å²) < 4.78 is 36.1. The van der Waals surface area contributed by atoms with Gasteiger partial charge in [-0.1, -0.05) is 12.1 Å². The van der Waals surface area contributed by atoms with Gasteiger partial charge in [0.15, 0.2) is 9.84 Å². The second-order valence-electron chi connectivity index (χ2n) is 7.51. The summed E-state index contributed by atoms with van der Waals surface area (Å²) in [6.07, 6.45) is 1.23. The Labute approximate surface area is 182 Å². The van der Waals surface area contributed by atoms with Crippen molar-refractivity contribution in [2.24, 2.45) is 0 Å². The number of rotatable bonds is 6. The van der Waals surface area contributed by atoms with E-state index in [1.165, 1.54) is 6.26 Å². The molecule has 8 heteroatoms. The van der Waals surface area contributed by atoms with Gasteiger partial charge in [-0.15, -0.1) is 0 Å². The van der Waals surface area contributed by atoms with Crippen LogP contribution in [0.1, 0.15) is 0 Å². The third kappa shape index (κ3) is 4.26. The van der Waals surface area contributed by atoms with Gasteiger partial charge in [0.1, 0.15) is 11.5 Å². The van der Waals surface area contributed by atoms with Crippen LogP contribution in [0.2, 0.25) is 0 Å². The van der Waals surface area contributed by atoms with E-state index in [0.29, 0.717) is 11.4 Å². The lowest BCUT2D eigenvalue weighted by molar-refractivity contribution is 0.410. The average Bonchev–Trinajstić information content (AvgIpc) is 2.78. The minimum atomic E-state index is -3.43. The quantitative estimate of drug-likeness (QED) is 0.607. The summed E-state index contributed by atoms with van der Waals surface area (Å²) in [7, 11) is -0.191. The number of nitrogens with one attached hydrogen (secondary N) is 2. The van der Waals surface area contributed by atoms with Crippen molar-refractivity contribution in [2.45, 2.75) is 4.90 Å². The van der Waals surface area contributed by atoms with Crippen LogP contribution in [-0.4, -0.2) is 55.1 Å². The van der Waals surface area contributed by atoms with Gasteiger partial charge < -0.3 is 25.0 Å². The van der Waals surface area contributed by atoms with Gasteiger partial charge in [0, 0.05) is 43.5 Å². The molecule has 0 atom stereocenters. The Hall–Kier alpha value is -2.97. The molecule has 3 aromatic rings. The molecule has 2 N–H and O–H groups in total. The molecule has 0 spiro atoms. The van der Waals surface area contributed by atoms with Crippen molar-refractivity contribution in [3.05, 3.63) is 48.5 Å². The molecule has 4 rings (SSSR count). The summed E-state index contributed by atoms with van der Waals surface area (Å²) in [5, 5.41) is 8.42. The van der Waals surface area contributed by atoms with Crippen LogP contribution in [0.15, 0.2) is 53.4 Å². The van der Waals surface area contributed by atoms with Crippen LogP contribution in [0.25, 0.3) is 10.8 Å². The highest BCUT2D eigenvalue weighted by atomic mass is 32.2. The molecule has 0 bridgehead atoms. The van der Waals surface area contributed by atoms with E-state index >= 15 is 0 Å². The second-order valence-corrected chi connectivity index (χ2v) is 9.50. The third-order valence-corrected chi connectivity index (χ3v) is 6.67. The number of fused-ring (bicyclic) bond motifs is 1. The van der Waals surface area contributed by atoms with Crippen LogP contribution in [0.3, 0.4) is 0 Å². The minimum Gasteiger partial charge on any atom is -0.496 e. The van der Waals surface area contributed by atoms with E-state index < -0.39 is 9.84 Å². The summed E-state index contributed by atoms with van der Waals surface area (Å²) in [6.45, 7) is 3.54. The van der Waals surface area contributed by atoms with Crippen molar-refractivity contribution in [1.82, 2.24) is 5.32 Å². The van der Waals surface area contributed by atoms with Crippen molar-refractivity contribution in [3.8, 4) is 11.5 Å². The first-order valence-corrected chi connectivity index (χ1v) is 12.0. The molecule has 0 saturated carbocycles. The Morgan fingerprint density at radius 1 is 0.935 bits per heavy atom. The van der Waals surface area contributed by atoms with Crippen molar-refractivity contribution in [2.75, 3.05) is 56.9 Å². The fourth-order valence-corrected chi connectivity index (χ4v) is 4.83. The molecule has 0 aromatic heterocycles. The van der Waals surface area contributed by atoms with Gasteiger partial charge in [-0.05, 0) is 36.4 Å². The highest BCUT2D eigenvalue weighted by molar-refractivity contribution is 7.90. The molecule has 31 heavy (non-hydrogen) atoms. The minimum absolute atomic E-state index is 0.255. The zero-order chi connectivity index (χ0) is 22.0. The molecule has 0 radical (unpaired) electrons. The molecule has 0 unspecified atom stereocenters. The highest BCUT2D eigenvalue weighted by Gasteiger charge is 2.19. The molecule has 164 valence electrons. The maximum absolute atomic E-state index is 12.5. The van der Waals surface area contributed by atoms with E-state index in [0.717, 1.165) is 54.1 Å². The summed E-state index contributed by atoms with van der Waals surface area (Å²) >= 11 is 0. The van der Waals surface area contributed by atoms with Crippen LogP contribution >= 0.6 is 0 Å². The summed E-state index contributed by atoms with van der Waals surface area (Å²) in [5.74, 6) is 1.40. The van der Waals surface area contributed by atoms with E-state index in [-0.39, 0.29) is 4.90 Å². The van der Waals surface area contributed by atoms with Crippen LogP contribution in [0.5, 0.6) is 11.5 Å². The molecule has 3 aromatic carbocycles. The van der Waals surface area contributed by atoms with Crippen LogP contribution in [-0.2, 0) is 9.84 Å². The Morgan fingerprint density at radius 2 is 1.65 bits per heavy atom. The molecule has 1 aliphatic heterocycles. The molecular formula is C23H27N3O4S. The van der Waals surface area contributed by atoms with Crippen molar-refractivity contribution < 1.29 is 17.9 Å². The zero-order valence-corrected chi connectivity index (χ0v) is 18.8. The second kappa shape index (κ2) is 8.64. The first kappa shape index (κ1) is 21.3. The fraction of sp³-hybridized carbons (Fsp3) is 0.304. The predicted octanol–water partition coefficient (Wildman–Crippen LogP) is 3.41. The number of anilines is 3.